The Bertz CT molecular complexity index is 1800. The van der Waals surface area contributed by atoms with Crippen LogP contribution >= 0.6 is 0 Å². The molecular formula is C34H30N2O4. The molecule has 6 rings (SSSR count). The molecule has 0 saturated heterocycles. The molecule has 2 heterocycles. The molecule has 200 valence electrons. The Morgan fingerprint density at radius 2 is 1.73 bits per heavy atom. The third-order valence-corrected chi connectivity index (χ3v) is 7.64. The van der Waals surface area contributed by atoms with Gasteiger partial charge in [0.2, 0.25) is 0 Å². The number of carbonyl (C=O) groups excluding carboxylic acids is 2. The Balaban J connectivity index is 1.53. The van der Waals surface area contributed by atoms with Crippen molar-refractivity contribution in [3.05, 3.63) is 113 Å². The quantitative estimate of drug-likeness (QED) is 0.136. The van der Waals surface area contributed by atoms with E-state index in [0.717, 1.165) is 45.0 Å². The van der Waals surface area contributed by atoms with Crippen LogP contribution in [0.2, 0.25) is 0 Å². The van der Waals surface area contributed by atoms with Crippen LogP contribution in [0.15, 0.2) is 90.1 Å². The second-order valence-corrected chi connectivity index (χ2v) is 10.2. The fraction of sp³-hybridized carbons (Fsp3) is 0.206. The second kappa shape index (κ2) is 10.5. The first-order valence-corrected chi connectivity index (χ1v) is 13.6. The van der Waals surface area contributed by atoms with Gasteiger partial charge in [-0.05, 0) is 61.7 Å². The smallest absolute Gasteiger partial charge is 0.331 e. The van der Waals surface area contributed by atoms with Crippen molar-refractivity contribution >= 4 is 39.3 Å². The lowest BCUT2D eigenvalue weighted by molar-refractivity contribution is -0.141. The lowest BCUT2D eigenvalue weighted by atomic mass is 9.88. The molecule has 0 fully saturated rings. The van der Waals surface area contributed by atoms with Crippen LogP contribution in [0.3, 0.4) is 0 Å². The number of fused-ring (bicyclic) bond motifs is 5. The number of carbonyl (C=O) groups is 2. The largest absolute Gasteiger partial charge is 0.491 e. The summed E-state index contributed by atoms with van der Waals surface area (Å²) in [5, 5.41) is 6.22. The van der Waals surface area contributed by atoms with Gasteiger partial charge in [0.05, 0.1) is 23.2 Å². The summed E-state index contributed by atoms with van der Waals surface area (Å²) in [6.07, 6.45) is 0.699. The Kier molecular flexibility index (Phi) is 6.68. The first-order chi connectivity index (χ1) is 19.5. The summed E-state index contributed by atoms with van der Waals surface area (Å²) >= 11 is 0. The summed E-state index contributed by atoms with van der Waals surface area (Å²) in [6.45, 7) is 6.56. The number of rotatable bonds is 6. The van der Waals surface area contributed by atoms with Crippen molar-refractivity contribution in [1.29, 1.82) is 0 Å². The number of hydrogen-bond acceptors (Lipinski definition) is 5. The summed E-state index contributed by atoms with van der Waals surface area (Å²) in [4.78, 5) is 30.4. The topological polar surface area (TPSA) is 69.9 Å². The van der Waals surface area contributed by atoms with Crippen LogP contribution in [-0.2, 0) is 22.6 Å². The molecule has 4 aromatic carbocycles. The third-order valence-electron chi connectivity index (χ3n) is 7.64. The van der Waals surface area contributed by atoms with Gasteiger partial charge in [0.25, 0.3) is 0 Å². The van der Waals surface area contributed by atoms with Crippen molar-refractivity contribution in [2.45, 2.75) is 33.7 Å². The molecule has 1 unspecified atom stereocenters. The summed E-state index contributed by atoms with van der Waals surface area (Å²) < 4.78 is 8.74. The van der Waals surface area contributed by atoms with Gasteiger partial charge in [-0.1, -0.05) is 59.8 Å². The maximum Gasteiger partial charge on any atom is 0.331 e. The molecule has 1 aliphatic heterocycles. The monoisotopic (exact) mass is 530 g/mol. The van der Waals surface area contributed by atoms with Crippen molar-refractivity contribution in [2.75, 3.05) is 6.61 Å². The van der Waals surface area contributed by atoms with E-state index in [1.165, 1.54) is 6.92 Å². The average molecular weight is 531 g/mol. The highest BCUT2D eigenvalue weighted by Gasteiger charge is 2.31. The van der Waals surface area contributed by atoms with E-state index in [2.05, 4.69) is 34.8 Å². The van der Waals surface area contributed by atoms with Gasteiger partial charge in [-0.15, -0.1) is 0 Å². The molecule has 0 saturated carbocycles. The molecule has 0 bridgehead atoms. The predicted molar refractivity (Wildman–Crippen MR) is 157 cm³/mol. The number of aryl methyl sites for hydroxylation is 2. The van der Waals surface area contributed by atoms with E-state index in [4.69, 9.17) is 9.57 Å². The summed E-state index contributed by atoms with van der Waals surface area (Å²) in [5.74, 6) is 0.125. The molecule has 40 heavy (non-hydrogen) atoms. The molecule has 0 spiro atoms. The first-order valence-electron chi connectivity index (χ1n) is 13.6. The van der Waals surface area contributed by atoms with Crippen molar-refractivity contribution < 1.29 is 19.2 Å². The minimum Gasteiger partial charge on any atom is -0.491 e. The number of oxime groups is 1. The zero-order valence-corrected chi connectivity index (χ0v) is 22.8. The highest BCUT2D eigenvalue weighted by molar-refractivity contribution is 6.19. The zero-order valence-electron chi connectivity index (χ0n) is 22.8. The molecule has 1 aromatic heterocycles. The highest BCUT2D eigenvalue weighted by atomic mass is 16.7. The molecule has 0 radical (unpaired) electrons. The number of aromatic nitrogens is 1. The van der Waals surface area contributed by atoms with Crippen LogP contribution < -0.4 is 4.74 Å². The normalized spacial score (nSPS) is 15.7. The molecular weight excluding hydrogens is 500 g/mol. The van der Waals surface area contributed by atoms with E-state index < -0.39 is 5.97 Å². The maximum atomic E-state index is 13.5. The Morgan fingerprint density at radius 1 is 0.975 bits per heavy atom. The third kappa shape index (κ3) is 4.45. The maximum absolute atomic E-state index is 13.5. The van der Waals surface area contributed by atoms with E-state index in [1.54, 1.807) is 0 Å². The second-order valence-electron chi connectivity index (χ2n) is 10.2. The summed E-state index contributed by atoms with van der Waals surface area (Å²) in [6, 6.07) is 27.8. The van der Waals surface area contributed by atoms with Crippen LogP contribution in [0.1, 0.15) is 46.5 Å². The number of hydrogen-bond donors (Lipinski definition) is 0. The van der Waals surface area contributed by atoms with Crippen LogP contribution in [0.5, 0.6) is 5.75 Å². The van der Waals surface area contributed by atoms with Crippen molar-refractivity contribution in [2.24, 2.45) is 11.1 Å². The molecule has 0 amide bonds. The van der Waals surface area contributed by atoms with Gasteiger partial charge in [0.1, 0.15) is 5.75 Å². The molecule has 0 aliphatic carbocycles. The Hall–Kier alpha value is -4.71. The van der Waals surface area contributed by atoms with Crippen molar-refractivity contribution in [1.82, 2.24) is 4.57 Å². The lowest BCUT2D eigenvalue weighted by Gasteiger charge is -2.27. The fourth-order valence-electron chi connectivity index (χ4n) is 5.75. The minimum atomic E-state index is -0.470. The molecule has 5 aromatic rings. The SMILES string of the molecule is CCn1c2ccc(C(=O)c3ccccc3C)cc2c2c3c(ccc21)/C(=N/OC(C)=O)C(Cc1ccccc1)CO3. The van der Waals surface area contributed by atoms with Crippen LogP contribution in [0, 0.1) is 12.8 Å². The number of ketones is 1. The van der Waals surface area contributed by atoms with E-state index in [1.807, 2.05) is 73.7 Å². The first kappa shape index (κ1) is 25.6. The zero-order chi connectivity index (χ0) is 27.8. The lowest BCUT2D eigenvalue weighted by Crippen LogP contribution is -2.30. The van der Waals surface area contributed by atoms with Gasteiger partial charge in [-0.2, -0.15) is 0 Å². The number of benzene rings is 4. The van der Waals surface area contributed by atoms with Gasteiger partial charge in [0, 0.05) is 47.0 Å². The van der Waals surface area contributed by atoms with E-state index in [0.29, 0.717) is 35.6 Å². The summed E-state index contributed by atoms with van der Waals surface area (Å²) in [7, 11) is 0. The van der Waals surface area contributed by atoms with Crippen LogP contribution in [-0.4, -0.2) is 28.6 Å². The van der Waals surface area contributed by atoms with Crippen LogP contribution in [0.25, 0.3) is 21.8 Å². The fourth-order valence-corrected chi connectivity index (χ4v) is 5.75. The minimum absolute atomic E-state index is 0.0110. The van der Waals surface area contributed by atoms with Gasteiger partial charge in [-0.25, -0.2) is 4.79 Å². The molecule has 6 nitrogen and oxygen atoms in total. The van der Waals surface area contributed by atoms with Gasteiger partial charge >= 0.3 is 5.97 Å². The van der Waals surface area contributed by atoms with E-state index >= 15 is 0 Å². The summed E-state index contributed by atoms with van der Waals surface area (Å²) in [5.41, 5.74) is 6.95. The predicted octanol–water partition coefficient (Wildman–Crippen LogP) is 6.87. The number of ether oxygens (including phenoxy) is 1. The van der Waals surface area contributed by atoms with Crippen LogP contribution in [0.4, 0.5) is 0 Å². The molecule has 6 heteroatoms. The van der Waals surface area contributed by atoms with Crippen molar-refractivity contribution in [3.8, 4) is 5.75 Å². The standard InChI is InChI=1S/C34H30N2O4/c1-4-36-29-16-14-24(33(38)26-13-9-8-10-21(26)2)19-28(29)31-30(36)17-15-27-32(35-40-22(3)37)25(20-39-34(27)31)18-23-11-6-5-7-12-23/h5-17,19,25H,4,18,20H2,1-3H3/b35-32+. The average Bonchev–Trinajstić information content (AvgIpc) is 3.30. The molecule has 0 N–H and O–H groups in total. The van der Waals surface area contributed by atoms with Gasteiger partial charge in [-0.3, -0.25) is 4.79 Å². The van der Waals surface area contributed by atoms with E-state index in [9.17, 15) is 9.59 Å². The molecule has 1 atom stereocenters. The molecule has 1 aliphatic rings. The Morgan fingerprint density at radius 3 is 2.48 bits per heavy atom. The van der Waals surface area contributed by atoms with Gasteiger partial charge in [0.15, 0.2) is 5.78 Å². The number of nitrogens with zero attached hydrogens (tertiary/aromatic N) is 2. The van der Waals surface area contributed by atoms with Gasteiger partial charge < -0.3 is 14.1 Å². The Labute approximate surface area is 232 Å². The van der Waals surface area contributed by atoms with Crippen molar-refractivity contribution in [3.63, 3.8) is 0 Å². The highest BCUT2D eigenvalue weighted by Crippen LogP contribution is 2.42. The van der Waals surface area contributed by atoms with E-state index in [-0.39, 0.29) is 11.7 Å².